The minimum absolute atomic E-state index is 0.0377. The minimum atomic E-state index is 0.0377. The number of aryl methyl sites for hydroxylation is 1. The van der Waals surface area contributed by atoms with Crippen LogP contribution < -0.4 is 5.32 Å². The van der Waals surface area contributed by atoms with Gasteiger partial charge in [0.2, 0.25) is 0 Å². The number of carbonyl (C=O) groups excluding carboxylic acids is 1. The van der Waals surface area contributed by atoms with E-state index in [0.717, 1.165) is 12.2 Å². The van der Waals surface area contributed by atoms with Crippen LogP contribution in [0.3, 0.4) is 0 Å². The first-order valence-corrected chi connectivity index (χ1v) is 4.98. The summed E-state index contributed by atoms with van der Waals surface area (Å²) in [5.41, 5.74) is 1.56. The molecule has 1 amide bonds. The Labute approximate surface area is 90.3 Å². The lowest BCUT2D eigenvalue weighted by molar-refractivity contribution is 0.0796. The molecule has 0 saturated carbocycles. The number of likely N-dealkylation sites (N-methyl/N-ethyl adjacent to an activating group) is 2. The van der Waals surface area contributed by atoms with Crippen LogP contribution in [0.15, 0.2) is 18.3 Å². The number of hydrogen-bond donors (Lipinski definition) is 1. The van der Waals surface area contributed by atoms with Gasteiger partial charge in [-0.25, -0.2) is 0 Å². The predicted molar refractivity (Wildman–Crippen MR) is 59.9 cm³/mol. The van der Waals surface area contributed by atoms with Gasteiger partial charge < -0.3 is 10.2 Å². The lowest BCUT2D eigenvalue weighted by Crippen LogP contribution is -2.32. The monoisotopic (exact) mass is 207 g/mol. The van der Waals surface area contributed by atoms with Crippen molar-refractivity contribution in [2.24, 2.45) is 0 Å². The maximum atomic E-state index is 11.9. The standard InChI is InChI=1S/C11H17N3O/c1-9-8-10(4-5-13-9)11(15)14(3)7-6-12-2/h4-5,8,12H,6-7H2,1-3H3. The summed E-state index contributed by atoms with van der Waals surface area (Å²) in [6.07, 6.45) is 1.66. The van der Waals surface area contributed by atoms with Crippen LogP contribution in [0.4, 0.5) is 0 Å². The van der Waals surface area contributed by atoms with Gasteiger partial charge in [-0.3, -0.25) is 9.78 Å². The molecular weight excluding hydrogens is 190 g/mol. The van der Waals surface area contributed by atoms with E-state index in [1.165, 1.54) is 0 Å². The lowest BCUT2D eigenvalue weighted by Gasteiger charge is -2.16. The van der Waals surface area contributed by atoms with Crippen LogP contribution in [-0.2, 0) is 0 Å². The lowest BCUT2D eigenvalue weighted by atomic mass is 10.2. The Hall–Kier alpha value is -1.42. The summed E-state index contributed by atoms with van der Waals surface area (Å²) in [5, 5.41) is 3.01. The largest absolute Gasteiger partial charge is 0.340 e. The van der Waals surface area contributed by atoms with Crippen molar-refractivity contribution in [1.29, 1.82) is 0 Å². The Bertz CT molecular complexity index is 338. The normalized spacial score (nSPS) is 10.1. The van der Waals surface area contributed by atoms with Gasteiger partial charge in [-0.15, -0.1) is 0 Å². The summed E-state index contributed by atoms with van der Waals surface area (Å²) in [6, 6.07) is 3.55. The Morgan fingerprint density at radius 3 is 2.93 bits per heavy atom. The zero-order chi connectivity index (χ0) is 11.3. The fourth-order valence-electron chi connectivity index (χ4n) is 1.28. The summed E-state index contributed by atoms with van der Waals surface area (Å²) in [4.78, 5) is 17.6. The van der Waals surface area contributed by atoms with Gasteiger partial charge in [-0.2, -0.15) is 0 Å². The van der Waals surface area contributed by atoms with Gasteiger partial charge in [-0.05, 0) is 26.1 Å². The molecule has 1 N–H and O–H groups in total. The number of carbonyl (C=O) groups is 1. The zero-order valence-corrected chi connectivity index (χ0v) is 9.45. The molecule has 0 fully saturated rings. The van der Waals surface area contributed by atoms with Gasteiger partial charge in [0.05, 0.1) is 0 Å². The van der Waals surface area contributed by atoms with Gasteiger partial charge >= 0.3 is 0 Å². The number of aromatic nitrogens is 1. The summed E-state index contributed by atoms with van der Waals surface area (Å²) in [7, 11) is 3.67. The van der Waals surface area contributed by atoms with Crippen LogP contribution in [0.1, 0.15) is 16.1 Å². The number of pyridine rings is 1. The Balaban J connectivity index is 2.67. The molecule has 0 aromatic carbocycles. The highest BCUT2D eigenvalue weighted by atomic mass is 16.2. The smallest absolute Gasteiger partial charge is 0.253 e. The van der Waals surface area contributed by atoms with Crippen LogP contribution in [0.25, 0.3) is 0 Å². The minimum Gasteiger partial charge on any atom is -0.340 e. The van der Waals surface area contributed by atoms with E-state index in [2.05, 4.69) is 10.3 Å². The second-order valence-electron chi connectivity index (χ2n) is 3.52. The first-order valence-electron chi connectivity index (χ1n) is 4.98. The van der Waals surface area contributed by atoms with E-state index in [9.17, 15) is 4.79 Å². The SMILES string of the molecule is CNCCN(C)C(=O)c1ccnc(C)c1. The Kier molecular flexibility index (Phi) is 4.24. The molecule has 0 aliphatic rings. The molecule has 0 aliphatic heterocycles. The molecule has 1 aromatic heterocycles. The first-order chi connectivity index (χ1) is 7.15. The molecule has 4 heteroatoms. The van der Waals surface area contributed by atoms with E-state index in [1.807, 2.05) is 14.0 Å². The highest BCUT2D eigenvalue weighted by Crippen LogP contribution is 2.03. The second-order valence-corrected chi connectivity index (χ2v) is 3.52. The molecule has 0 saturated heterocycles. The molecule has 4 nitrogen and oxygen atoms in total. The van der Waals surface area contributed by atoms with E-state index in [-0.39, 0.29) is 5.91 Å². The third kappa shape index (κ3) is 3.32. The van der Waals surface area contributed by atoms with Crippen LogP contribution in [0, 0.1) is 6.92 Å². The average Bonchev–Trinajstić information content (AvgIpc) is 2.24. The Morgan fingerprint density at radius 2 is 2.33 bits per heavy atom. The zero-order valence-electron chi connectivity index (χ0n) is 9.45. The van der Waals surface area contributed by atoms with Crippen molar-refractivity contribution in [3.05, 3.63) is 29.6 Å². The summed E-state index contributed by atoms with van der Waals surface area (Å²) in [6.45, 7) is 3.38. The van der Waals surface area contributed by atoms with Crippen molar-refractivity contribution in [1.82, 2.24) is 15.2 Å². The fraction of sp³-hybridized carbons (Fsp3) is 0.455. The molecule has 1 heterocycles. The number of nitrogens with one attached hydrogen (secondary N) is 1. The highest BCUT2D eigenvalue weighted by molar-refractivity contribution is 5.94. The van der Waals surface area contributed by atoms with Crippen LogP contribution in [0.2, 0.25) is 0 Å². The van der Waals surface area contributed by atoms with E-state index in [0.29, 0.717) is 12.1 Å². The third-order valence-corrected chi connectivity index (χ3v) is 2.19. The quantitative estimate of drug-likeness (QED) is 0.789. The molecule has 0 aliphatic carbocycles. The van der Waals surface area contributed by atoms with Crippen LogP contribution in [-0.4, -0.2) is 43.0 Å². The van der Waals surface area contributed by atoms with Crippen LogP contribution >= 0.6 is 0 Å². The number of rotatable bonds is 4. The molecule has 0 unspecified atom stereocenters. The fourth-order valence-corrected chi connectivity index (χ4v) is 1.28. The van der Waals surface area contributed by atoms with Crippen LogP contribution in [0.5, 0.6) is 0 Å². The maximum absolute atomic E-state index is 11.9. The van der Waals surface area contributed by atoms with Gasteiger partial charge in [0.1, 0.15) is 0 Å². The van der Waals surface area contributed by atoms with Crippen molar-refractivity contribution in [2.75, 3.05) is 27.2 Å². The summed E-state index contributed by atoms with van der Waals surface area (Å²) >= 11 is 0. The Morgan fingerprint density at radius 1 is 1.60 bits per heavy atom. The predicted octanol–water partition coefficient (Wildman–Crippen LogP) is 0.681. The van der Waals surface area contributed by atoms with E-state index < -0.39 is 0 Å². The van der Waals surface area contributed by atoms with Crippen molar-refractivity contribution in [3.63, 3.8) is 0 Å². The van der Waals surface area contributed by atoms with Gasteiger partial charge in [-0.1, -0.05) is 0 Å². The van der Waals surface area contributed by atoms with Crippen molar-refractivity contribution in [3.8, 4) is 0 Å². The molecule has 0 bridgehead atoms. The topological polar surface area (TPSA) is 45.2 Å². The third-order valence-electron chi connectivity index (χ3n) is 2.19. The average molecular weight is 207 g/mol. The van der Waals surface area contributed by atoms with E-state index in [4.69, 9.17) is 0 Å². The van der Waals surface area contributed by atoms with E-state index >= 15 is 0 Å². The van der Waals surface area contributed by atoms with Gasteiger partial charge in [0.25, 0.3) is 5.91 Å². The molecule has 1 rings (SSSR count). The molecule has 1 aromatic rings. The highest BCUT2D eigenvalue weighted by Gasteiger charge is 2.10. The maximum Gasteiger partial charge on any atom is 0.253 e. The molecule has 82 valence electrons. The molecule has 15 heavy (non-hydrogen) atoms. The van der Waals surface area contributed by atoms with Gasteiger partial charge in [0, 0.05) is 37.6 Å². The van der Waals surface area contributed by atoms with Crippen molar-refractivity contribution in [2.45, 2.75) is 6.92 Å². The summed E-state index contributed by atoms with van der Waals surface area (Å²) < 4.78 is 0. The van der Waals surface area contributed by atoms with Crippen molar-refractivity contribution < 1.29 is 4.79 Å². The van der Waals surface area contributed by atoms with E-state index in [1.54, 1.807) is 30.3 Å². The molecule has 0 spiro atoms. The molecular formula is C11H17N3O. The van der Waals surface area contributed by atoms with Crippen molar-refractivity contribution >= 4 is 5.91 Å². The molecule has 0 atom stereocenters. The molecule has 0 radical (unpaired) electrons. The number of hydrogen-bond acceptors (Lipinski definition) is 3. The number of amides is 1. The summed E-state index contributed by atoms with van der Waals surface area (Å²) in [5.74, 6) is 0.0377. The van der Waals surface area contributed by atoms with Gasteiger partial charge in [0.15, 0.2) is 0 Å². The second kappa shape index (κ2) is 5.46. The first kappa shape index (κ1) is 11.7. The number of nitrogens with zero attached hydrogens (tertiary/aromatic N) is 2.